The van der Waals surface area contributed by atoms with Crippen LogP contribution in [0.4, 0.5) is 4.39 Å². The van der Waals surface area contributed by atoms with Crippen molar-refractivity contribution in [2.45, 2.75) is 38.4 Å². The van der Waals surface area contributed by atoms with Crippen molar-refractivity contribution in [2.24, 2.45) is 5.92 Å². The van der Waals surface area contributed by atoms with Crippen molar-refractivity contribution in [2.75, 3.05) is 6.61 Å². The molecule has 0 spiro atoms. The van der Waals surface area contributed by atoms with Gasteiger partial charge in [0.2, 0.25) is 0 Å². The molecule has 2 aromatic rings. The van der Waals surface area contributed by atoms with Gasteiger partial charge in [-0.15, -0.1) is 0 Å². The predicted octanol–water partition coefficient (Wildman–Crippen LogP) is 6.42. The number of hydrogen-bond donors (Lipinski definition) is 1. The zero-order valence-corrected chi connectivity index (χ0v) is 18.2. The van der Waals surface area contributed by atoms with E-state index in [1.165, 1.54) is 6.07 Å². The molecule has 0 amide bonds. The first kappa shape index (κ1) is 22.6. The number of carboxylic acids is 1. The van der Waals surface area contributed by atoms with Gasteiger partial charge in [0.25, 0.3) is 0 Å². The molecule has 4 atom stereocenters. The van der Waals surface area contributed by atoms with E-state index in [-0.39, 0.29) is 28.7 Å². The van der Waals surface area contributed by atoms with E-state index in [0.717, 1.165) is 17.2 Å². The number of halogens is 3. The minimum atomic E-state index is -1.16. The summed E-state index contributed by atoms with van der Waals surface area (Å²) < 4.78 is 26.0. The molecule has 1 fully saturated rings. The van der Waals surface area contributed by atoms with Crippen molar-refractivity contribution >= 4 is 29.2 Å². The average molecular weight is 453 g/mol. The SMILES string of the molecule is C=C(C)[C@H]1C[C@H](c2ccccc2Cl)[C@H](C)O[C@@H]1c1cc(F)cc(Cl)c1OCC(=O)O. The van der Waals surface area contributed by atoms with E-state index in [9.17, 15) is 9.18 Å². The molecule has 1 N–H and O–H groups in total. The number of carbonyl (C=O) groups is 1. The lowest BCUT2D eigenvalue weighted by molar-refractivity contribution is -0.139. The highest BCUT2D eigenvalue weighted by Gasteiger charge is 2.40. The van der Waals surface area contributed by atoms with Crippen molar-refractivity contribution in [1.29, 1.82) is 0 Å². The van der Waals surface area contributed by atoms with Crippen LogP contribution < -0.4 is 4.74 Å². The number of ether oxygens (including phenoxy) is 2. The second-order valence-corrected chi connectivity index (χ2v) is 8.38. The number of rotatable bonds is 6. The fourth-order valence-corrected chi connectivity index (χ4v) is 4.54. The van der Waals surface area contributed by atoms with Crippen LogP contribution in [-0.4, -0.2) is 23.8 Å². The maximum atomic E-state index is 14.2. The Balaban J connectivity index is 2.01. The molecule has 7 heteroatoms. The summed E-state index contributed by atoms with van der Waals surface area (Å²) >= 11 is 12.6. The van der Waals surface area contributed by atoms with E-state index < -0.39 is 24.5 Å². The molecule has 1 aliphatic heterocycles. The Kier molecular flexibility index (Phi) is 7.06. The van der Waals surface area contributed by atoms with Crippen molar-refractivity contribution in [3.63, 3.8) is 0 Å². The van der Waals surface area contributed by atoms with Gasteiger partial charge in [-0.05, 0) is 44.0 Å². The fraction of sp³-hybridized carbons (Fsp3) is 0.348. The molecule has 1 saturated heterocycles. The van der Waals surface area contributed by atoms with Crippen LogP contribution in [0.2, 0.25) is 10.0 Å². The van der Waals surface area contributed by atoms with Gasteiger partial charge in [0, 0.05) is 22.4 Å². The third kappa shape index (κ3) is 4.80. The van der Waals surface area contributed by atoms with Gasteiger partial charge in [-0.3, -0.25) is 0 Å². The molecule has 0 bridgehead atoms. The Morgan fingerprint density at radius 2 is 1.97 bits per heavy atom. The maximum absolute atomic E-state index is 14.2. The summed E-state index contributed by atoms with van der Waals surface area (Å²) in [5.74, 6) is -1.76. The van der Waals surface area contributed by atoms with Crippen molar-refractivity contribution in [3.05, 3.63) is 75.5 Å². The summed E-state index contributed by atoms with van der Waals surface area (Å²) in [5, 5.41) is 9.65. The van der Waals surface area contributed by atoms with E-state index in [0.29, 0.717) is 17.0 Å². The number of aliphatic carboxylic acids is 1. The van der Waals surface area contributed by atoms with Crippen molar-refractivity contribution < 1.29 is 23.8 Å². The summed E-state index contributed by atoms with van der Waals surface area (Å²) in [7, 11) is 0. The molecule has 30 heavy (non-hydrogen) atoms. The van der Waals surface area contributed by atoms with Crippen molar-refractivity contribution in [1.82, 2.24) is 0 Å². The van der Waals surface area contributed by atoms with Gasteiger partial charge in [-0.2, -0.15) is 0 Å². The summed E-state index contributed by atoms with van der Waals surface area (Å²) in [4.78, 5) is 11.0. The molecule has 1 aliphatic rings. The third-order valence-corrected chi connectivity index (χ3v) is 6.05. The third-order valence-electron chi connectivity index (χ3n) is 5.42. The molecule has 0 aliphatic carbocycles. The minimum Gasteiger partial charge on any atom is -0.480 e. The molecular formula is C23H23Cl2FO4. The summed E-state index contributed by atoms with van der Waals surface area (Å²) in [5.41, 5.74) is 2.21. The van der Waals surface area contributed by atoms with Crippen LogP contribution in [-0.2, 0) is 9.53 Å². The van der Waals surface area contributed by atoms with Crippen LogP contribution in [0.15, 0.2) is 48.6 Å². The second-order valence-electron chi connectivity index (χ2n) is 7.57. The molecule has 2 aromatic carbocycles. The van der Waals surface area contributed by atoms with Crippen LogP contribution in [0.1, 0.15) is 43.4 Å². The Morgan fingerprint density at radius 1 is 1.27 bits per heavy atom. The molecule has 4 nitrogen and oxygen atoms in total. The van der Waals surface area contributed by atoms with E-state index >= 15 is 0 Å². The van der Waals surface area contributed by atoms with Gasteiger partial charge >= 0.3 is 5.97 Å². The lowest BCUT2D eigenvalue weighted by Gasteiger charge is -2.42. The Morgan fingerprint density at radius 3 is 2.60 bits per heavy atom. The summed E-state index contributed by atoms with van der Waals surface area (Å²) in [6.07, 6.45) is -0.148. The highest BCUT2D eigenvalue weighted by Crippen LogP contribution is 2.50. The average Bonchev–Trinajstić information content (AvgIpc) is 2.67. The zero-order chi connectivity index (χ0) is 22.0. The van der Waals surface area contributed by atoms with Gasteiger partial charge < -0.3 is 14.6 Å². The van der Waals surface area contributed by atoms with Crippen molar-refractivity contribution in [3.8, 4) is 5.75 Å². The smallest absolute Gasteiger partial charge is 0.341 e. The Bertz CT molecular complexity index is 962. The lowest BCUT2D eigenvalue weighted by Crippen LogP contribution is -2.35. The van der Waals surface area contributed by atoms with Gasteiger partial charge in [0.1, 0.15) is 11.6 Å². The van der Waals surface area contributed by atoms with E-state index in [2.05, 4.69) is 6.58 Å². The molecule has 1 heterocycles. The van der Waals surface area contributed by atoms with Gasteiger partial charge in [0.05, 0.1) is 17.2 Å². The monoisotopic (exact) mass is 452 g/mol. The lowest BCUT2D eigenvalue weighted by atomic mass is 9.76. The molecular weight excluding hydrogens is 430 g/mol. The number of benzene rings is 2. The normalized spacial score (nSPS) is 23.8. The molecule has 0 saturated carbocycles. The standard InChI is InChI=1S/C23H23Cl2FO4/c1-12(2)16-10-17(15-6-4-5-7-19(15)24)13(3)30-22(16)18-8-14(26)9-20(25)23(18)29-11-21(27)28/h4-9,13,16-17,22H,1,10-11H2,2-3H3,(H,27,28)/t13-,16+,17-,22-/m0/s1. The number of hydrogen-bond acceptors (Lipinski definition) is 3. The quantitative estimate of drug-likeness (QED) is 0.513. The highest BCUT2D eigenvalue weighted by atomic mass is 35.5. The van der Waals surface area contributed by atoms with Crippen LogP contribution >= 0.6 is 23.2 Å². The van der Waals surface area contributed by atoms with Crippen LogP contribution in [0.3, 0.4) is 0 Å². The second kappa shape index (κ2) is 9.38. The van der Waals surface area contributed by atoms with Crippen LogP contribution in [0, 0.1) is 11.7 Å². The molecule has 3 rings (SSSR count). The molecule has 160 valence electrons. The van der Waals surface area contributed by atoms with Gasteiger partial charge in [0.15, 0.2) is 6.61 Å². The van der Waals surface area contributed by atoms with Crippen LogP contribution in [0.5, 0.6) is 5.75 Å². The fourth-order valence-electron chi connectivity index (χ4n) is 3.99. The Labute approximate surface area is 185 Å². The largest absolute Gasteiger partial charge is 0.480 e. The number of carboxylic acid groups (broad SMARTS) is 1. The first-order valence-corrected chi connectivity index (χ1v) is 10.3. The first-order valence-electron chi connectivity index (χ1n) is 9.57. The van der Waals surface area contributed by atoms with E-state index in [4.69, 9.17) is 37.8 Å². The zero-order valence-electron chi connectivity index (χ0n) is 16.7. The summed E-state index contributed by atoms with van der Waals surface area (Å²) in [6.45, 7) is 7.33. The summed E-state index contributed by atoms with van der Waals surface area (Å²) in [6, 6.07) is 10.0. The molecule has 0 aromatic heterocycles. The van der Waals surface area contributed by atoms with E-state index in [1.54, 1.807) is 0 Å². The maximum Gasteiger partial charge on any atom is 0.341 e. The first-order chi connectivity index (χ1) is 14.2. The molecule has 0 unspecified atom stereocenters. The predicted molar refractivity (Wildman–Crippen MR) is 115 cm³/mol. The Hall–Kier alpha value is -2.08. The molecule has 0 radical (unpaired) electrons. The van der Waals surface area contributed by atoms with Gasteiger partial charge in [-0.25, -0.2) is 9.18 Å². The van der Waals surface area contributed by atoms with Crippen LogP contribution in [0.25, 0.3) is 0 Å². The minimum absolute atomic E-state index is 0.00352. The highest BCUT2D eigenvalue weighted by molar-refractivity contribution is 6.32. The van der Waals surface area contributed by atoms with Gasteiger partial charge in [-0.1, -0.05) is 53.6 Å². The topological polar surface area (TPSA) is 55.8 Å². The van der Waals surface area contributed by atoms with E-state index in [1.807, 2.05) is 38.1 Å².